The molecular weight excluding hydrogens is 452 g/mol. The number of aliphatic hydroxyl groups excluding tert-OH is 4. The van der Waals surface area contributed by atoms with Gasteiger partial charge in [0.25, 0.3) is 6.47 Å². The number of nitrogens with two attached hydrogens (primary N) is 3. The molecule has 0 rings (SSSR count). The molecule has 0 saturated carbocycles. The Morgan fingerprint density at radius 3 is 1.82 bits per heavy atom. The summed E-state index contributed by atoms with van der Waals surface area (Å²) in [7, 11) is 0. The van der Waals surface area contributed by atoms with Crippen molar-refractivity contribution in [2.24, 2.45) is 29.1 Å². The van der Waals surface area contributed by atoms with E-state index < -0.39 is 6.10 Å². The van der Waals surface area contributed by atoms with Crippen LogP contribution < -0.4 is 17.3 Å². The normalized spacial score (nSPS) is 12.7. The fraction of sp³-hybridized carbons (Fsp3) is 0.857. The van der Waals surface area contributed by atoms with Gasteiger partial charge in [-0.1, -0.05) is 6.42 Å². The van der Waals surface area contributed by atoms with E-state index in [1.54, 1.807) is 6.20 Å². The Labute approximate surface area is 202 Å². The number of rotatable bonds is 21. The van der Waals surface area contributed by atoms with E-state index in [9.17, 15) is 0 Å². The Morgan fingerprint density at radius 1 is 0.941 bits per heavy atom. The highest BCUT2D eigenvalue weighted by Crippen LogP contribution is 2.04. The SMILES string of the molecule is C[C@H](N)CCCCN(N)/C=C(\N)COC(COCC(CO)CO)COCC(CO)CO.O=CO. The van der Waals surface area contributed by atoms with Crippen LogP contribution in [0.1, 0.15) is 26.2 Å². The minimum absolute atomic E-state index is 0.109. The fourth-order valence-electron chi connectivity index (χ4n) is 2.49. The van der Waals surface area contributed by atoms with Crippen LogP contribution in [0.15, 0.2) is 11.9 Å². The standard InChI is InChI=1S/C20H44N4O7.CH2O2/c1-16(21)4-2-3-5-24(23)6-19(22)13-31-20(14-29-11-17(7-25)8-26)15-30-12-18(9-27)10-28;2-1-3/h6,16-18,20,25-28H,2-5,7-15,21-23H2,1H3;1H,(H,2,3)/b19-6-;/t16-;/m0./s1. The van der Waals surface area contributed by atoms with Gasteiger partial charge in [0.2, 0.25) is 0 Å². The molecule has 1 atom stereocenters. The number of ether oxygens (including phenoxy) is 3. The predicted octanol–water partition coefficient (Wildman–Crippen LogP) is -2.20. The lowest BCUT2D eigenvalue weighted by molar-refractivity contribution is -0.122. The molecule has 13 heteroatoms. The van der Waals surface area contributed by atoms with Crippen molar-refractivity contribution in [1.29, 1.82) is 0 Å². The molecule has 0 saturated heterocycles. The lowest BCUT2D eigenvalue weighted by atomic mass is 10.1. The molecule has 0 spiro atoms. The largest absolute Gasteiger partial charge is 0.483 e. The first-order valence-corrected chi connectivity index (χ1v) is 11.3. The van der Waals surface area contributed by atoms with E-state index in [1.165, 1.54) is 5.01 Å². The van der Waals surface area contributed by atoms with Crippen LogP contribution in [-0.2, 0) is 19.0 Å². The van der Waals surface area contributed by atoms with Crippen LogP contribution in [0, 0.1) is 11.8 Å². The van der Waals surface area contributed by atoms with Crippen molar-refractivity contribution in [2.75, 3.05) is 66.0 Å². The van der Waals surface area contributed by atoms with Gasteiger partial charge in [0, 0.05) is 30.6 Å². The molecule has 0 aromatic rings. The van der Waals surface area contributed by atoms with E-state index in [-0.39, 0.29) is 83.8 Å². The zero-order valence-electron chi connectivity index (χ0n) is 20.2. The monoisotopic (exact) mass is 498 g/mol. The van der Waals surface area contributed by atoms with Gasteiger partial charge in [-0.2, -0.15) is 0 Å². The first-order valence-electron chi connectivity index (χ1n) is 11.3. The molecule has 13 nitrogen and oxygen atoms in total. The molecule has 34 heavy (non-hydrogen) atoms. The second-order valence-electron chi connectivity index (χ2n) is 7.99. The summed E-state index contributed by atoms with van der Waals surface area (Å²) < 4.78 is 16.8. The Morgan fingerprint density at radius 2 is 1.41 bits per heavy atom. The number of aliphatic hydroxyl groups is 4. The van der Waals surface area contributed by atoms with Gasteiger partial charge in [-0.3, -0.25) is 4.79 Å². The highest BCUT2D eigenvalue weighted by molar-refractivity contribution is 5.32. The van der Waals surface area contributed by atoms with Crippen LogP contribution in [0.3, 0.4) is 0 Å². The molecule has 0 aliphatic carbocycles. The van der Waals surface area contributed by atoms with Crippen molar-refractivity contribution >= 4 is 6.47 Å². The van der Waals surface area contributed by atoms with Gasteiger partial charge in [0.1, 0.15) is 6.10 Å². The summed E-state index contributed by atoms with van der Waals surface area (Å²) in [5.74, 6) is 5.20. The number of hydrazine groups is 1. The number of carboxylic acid groups (broad SMARTS) is 1. The molecule has 0 amide bonds. The molecule has 204 valence electrons. The Balaban J connectivity index is 0. The van der Waals surface area contributed by atoms with Crippen LogP contribution in [0.2, 0.25) is 0 Å². The van der Waals surface area contributed by atoms with Crippen molar-refractivity contribution in [3.63, 3.8) is 0 Å². The van der Waals surface area contributed by atoms with E-state index in [1.807, 2.05) is 6.92 Å². The van der Waals surface area contributed by atoms with Crippen molar-refractivity contribution in [3.05, 3.63) is 11.9 Å². The Kier molecular flexibility index (Phi) is 25.0. The summed E-state index contributed by atoms with van der Waals surface area (Å²) in [5.41, 5.74) is 12.2. The van der Waals surface area contributed by atoms with E-state index in [0.717, 1.165) is 19.3 Å². The van der Waals surface area contributed by atoms with Crippen molar-refractivity contribution in [3.8, 4) is 0 Å². The van der Waals surface area contributed by atoms with Crippen LogP contribution in [0.4, 0.5) is 0 Å². The van der Waals surface area contributed by atoms with Crippen LogP contribution in [0.5, 0.6) is 0 Å². The van der Waals surface area contributed by atoms with Gasteiger partial charge < -0.3 is 56.2 Å². The van der Waals surface area contributed by atoms with Crippen molar-refractivity contribution in [1.82, 2.24) is 5.01 Å². The van der Waals surface area contributed by atoms with Gasteiger partial charge in [-0.05, 0) is 19.8 Å². The van der Waals surface area contributed by atoms with Crippen molar-refractivity contribution in [2.45, 2.75) is 38.3 Å². The molecule has 0 heterocycles. The summed E-state index contributed by atoms with van der Waals surface area (Å²) in [5, 5.41) is 44.9. The first-order chi connectivity index (χ1) is 16.3. The maximum atomic E-state index is 9.12. The van der Waals surface area contributed by atoms with Gasteiger partial charge in [-0.25, -0.2) is 5.84 Å². The number of unbranched alkanes of at least 4 members (excludes halogenated alkanes) is 1. The summed E-state index contributed by atoms with van der Waals surface area (Å²) in [6, 6.07) is 0.177. The summed E-state index contributed by atoms with van der Waals surface area (Å²) in [4.78, 5) is 8.36. The van der Waals surface area contributed by atoms with Gasteiger partial charge in [0.15, 0.2) is 0 Å². The van der Waals surface area contributed by atoms with Crippen LogP contribution in [-0.4, -0.2) is 115 Å². The molecule has 0 unspecified atom stereocenters. The van der Waals surface area contributed by atoms with Crippen LogP contribution >= 0.6 is 0 Å². The van der Waals surface area contributed by atoms with Crippen molar-refractivity contribution < 1.29 is 44.5 Å². The molecule has 0 aromatic heterocycles. The predicted molar refractivity (Wildman–Crippen MR) is 126 cm³/mol. The molecule has 0 aliphatic heterocycles. The highest BCUT2D eigenvalue weighted by Gasteiger charge is 2.15. The molecule has 0 fully saturated rings. The lowest BCUT2D eigenvalue weighted by Crippen LogP contribution is -2.32. The van der Waals surface area contributed by atoms with E-state index >= 15 is 0 Å². The molecule has 0 aliphatic rings. The zero-order valence-corrected chi connectivity index (χ0v) is 20.2. The van der Waals surface area contributed by atoms with E-state index in [2.05, 4.69) is 0 Å². The molecule has 0 radical (unpaired) electrons. The Hall–Kier alpha value is -1.55. The van der Waals surface area contributed by atoms with Gasteiger partial charge in [-0.15, -0.1) is 0 Å². The zero-order chi connectivity index (χ0) is 26.2. The fourth-order valence-corrected chi connectivity index (χ4v) is 2.49. The maximum Gasteiger partial charge on any atom is 0.290 e. The maximum absolute atomic E-state index is 9.12. The van der Waals surface area contributed by atoms with Gasteiger partial charge in [0.05, 0.1) is 65.2 Å². The topological polar surface area (TPSA) is 227 Å². The van der Waals surface area contributed by atoms with E-state index in [0.29, 0.717) is 12.2 Å². The highest BCUT2D eigenvalue weighted by atomic mass is 16.6. The summed E-state index contributed by atoms with van der Waals surface area (Å²) in [6.07, 6.45) is 3.98. The number of hydrogen-bond donors (Lipinski definition) is 8. The Bertz CT molecular complexity index is 461. The third-order valence-electron chi connectivity index (χ3n) is 4.49. The molecular formula is C21H46N4O9. The first kappa shape index (κ1) is 34.6. The number of hydrogen-bond acceptors (Lipinski definition) is 12. The minimum Gasteiger partial charge on any atom is -0.483 e. The average molecular weight is 499 g/mol. The second kappa shape index (κ2) is 24.6. The third-order valence-corrected chi connectivity index (χ3v) is 4.49. The summed E-state index contributed by atoms with van der Waals surface area (Å²) in [6.45, 7) is 2.43. The number of carbonyl (C=O) groups is 1. The van der Waals surface area contributed by atoms with Gasteiger partial charge >= 0.3 is 0 Å². The third kappa shape index (κ3) is 22.3. The minimum atomic E-state index is -0.472. The second-order valence-corrected chi connectivity index (χ2v) is 7.99. The summed E-state index contributed by atoms with van der Waals surface area (Å²) >= 11 is 0. The smallest absolute Gasteiger partial charge is 0.290 e. The van der Waals surface area contributed by atoms with E-state index in [4.69, 9.17) is 61.8 Å². The molecule has 11 N–H and O–H groups in total. The quantitative estimate of drug-likeness (QED) is 0.0364. The van der Waals surface area contributed by atoms with Crippen LogP contribution in [0.25, 0.3) is 0 Å². The average Bonchev–Trinajstić information content (AvgIpc) is 2.80. The number of nitrogens with zero attached hydrogens (tertiary/aromatic N) is 1. The molecule has 0 bridgehead atoms. The molecule has 0 aromatic carbocycles. The lowest BCUT2D eigenvalue weighted by Gasteiger charge is -2.21.